The van der Waals surface area contributed by atoms with Crippen molar-refractivity contribution in [1.29, 1.82) is 5.26 Å². The molecule has 1 aliphatic heterocycles. The molecular weight excluding hydrogens is 256 g/mol. The standard InChI is InChI=1S/C15H14N2OS/c1-11-9-19-14(17-11)8-15(10-16)6-7-18-13-5-3-2-4-12(13)15/h2-5,9H,6-8H2,1H3. The lowest BCUT2D eigenvalue weighted by molar-refractivity contribution is 0.241. The summed E-state index contributed by atoms with van der Waals surface area (Å²) < 4.78 is 5.66. The topological polar surface area (TPSA) is 45.9 Å². The summed E-state index contributed by atoms with van der Waals surface area (Å²) in [4.78, 5) is 4.50. The van der Waals surface area contributed by atoms with Gasteiger partial charge < -0.3 is 4.74 Å². The van der Waals surface area contributed by atoms with E-state index in [9.17, 15) is 5.26 Å². The van der Waals surface area contributed by atoms with Gasteiger partial charge in [-0.25, -0.2) is 4.98 Å². The maximum atomic E-state index is 9.73. The van der Waals surface area contributed by atoms with Crippen molar-refractivity contribution >= 4 is 11.3 Å². The summed E-state index contributed by atoms with van der Waals surface area (Å²) in [6.07, 6.45) is 1.39. The summed E-state index contributed by atoms with van der Waals surface area (Å²) in [6, 6.07) is 10.4. The number of hydrogen-bond donors (Lipinski definition) is 0. The molecule has 4 heteroatoms. The minimum atomic E-state index is -0.501. The first-order chi connectivity index (χ1) is 9.23. The third-order valence-electron chi connectivity index (χ3n) is 3.52. The number of hydrogen-bond acceptors (Lipinski definition) is 4. The van der Waals surface area contributed by atoms with Crippen LogP contribution < -0.4 is 4.74 Å². The average molecular weight is 270 g/mol. The summed E-state index contributed by atoms with van der Waals surface area (Å²) in [7, 11) is 0. The zero-order chi connectivity index (χ0) is 13.3. The van der Waals surface area contributed by atoms with Crippen molar-refractivity contribution in [3.63, 3.8) is 0 Å². The molecule has 1 aromatic carbocycles. The molecule has 0 N–H and O–H groups in total. The van der Waals surface area contributed by atoms with Crippen molar-refractivity contribution in [1.82, 2.24) is 4.98 Å². The minimum Gasteiger partial charge on any atom is -0.493 e. The largest absolute Gasteiger partial charge is 0.493 e. The molecule has 3 nitrogen and oxygen atoms in total. The molecule has 0 amide bonds. The molecule has 1 aliphatic rings. The third-order valence-corrected chi connectivity index (χ3v) is 4.49. The second kappa shape index (κ2) is 4.67. The molecule has 3 rings (SSSR count). The number of benzene rings is 1. The summed E-state index contributed by atoms with van der Waals surface area (Å²) >= 11 is 1.63. The Labute approximate surface area is 116 Å². The first kappa shape index (κ1) is 12.2. The second-order valence-corrected chi connectivity index (χ2v) is 5.79. The van der Waals surface area contributed by atoms with Crippen LogP contribution in [0, 0.1) is 18.3 Å². The molecule has 1 unspecified atom stereocenters. The van der Waals surface area contributed by atoms with Crippen molar-refractivity contribution < 1.29 is 4.74 Å². The smallest absolute Gasteiger partial charge is 0.124 e. The fraction of sp³-hybridized carbons (Fsp3) is 0.333. The van der Waals surface area contributed by atoms with Crippen molar-refractivity contribution in [2.45, 2.75) is 25.2 Å². The van der Waals surface area contributed by atoms with Gasteiger partial charge in [-0.1, -0.05) is 18.2 Å². The second-order valence-electron chi connectivity index (χ2n) is 4.85. The van der Waals surface area contributed by atoms with E-state index in [1.165, 1.54) is 0 Å². The van der Waals surface area contributed by atoms with Gasteiger partial charge in [0.05, 0.1) is 23.1 Å². The first-order valence-electron chi connectivity index (χ1n) is 6.28. The highest BCUT2D eigenvalue weighted by molar-refractivity contribution is 7.09. The van der Waals surface area contributed by atoms with Gasteiger partial charge in [0.25, 0.3) is 0 Å². The Morgan fingerprint density at radius 1 is 1.47 bits per heavy atom. The molecule has 0 aliphatic carbocycles. The number of aryl methyl sites for hydroxylation is 1. The number of nitriles is 1. The van der Waals surface area contributed by atoms with Gasteiger partial charge in [0.2, 0.25) is 0 Å². The highest BCUT2D eigenvalue weighted by Gasteiger charge is 2.38. The van der Waals surface area contributed by atoms with Gasteiger partial charge in [-0.2, -0.15) is 5.26 Å². The molecule has 1 aromatic heterocycles. The van der Waals surface area contributed by atoms with Crippen LogP contribution in [0.25, 0.3) is 0 Å². The number of aromatic nitrogens is 1. The van der Waals surface area contributed by atoms with E-state index in [0.29, 0.717) is 13.0 Å². The molecule has 0 spiro atoms. The fourth-order valence-corrected chi connectivity index (χ4v) is 3.42. The van der Waals surface area contributed by atoms with Gasteiger partial charge in [0.1, 0.15) is 5.75 Å². The summed E-state index contributed by atoms with van der Waals surface area (Å²) in [6.45, 7) is 2.58. The van der Waals surface area contributed by atoms with Crippen LogP contribution in [-0.4, -0.2) is 11.6 Å². The van der Waals surface area contributed by atoms with E-state index in [2.05, 4.69) is 11.1 Å². The fourth-order valence-electron chi connectivity index (χ4n) is 2.54. The molecule has 0 saturated carbocycles. The van der Waals surface area contributed by atoms with Gasteiger partial charge in [-0.05, 0) is 13.0 Å². The van der Waals surface area contributed by atoms with Gasteiger partial charge in [-0.15, -0.1) is 11.3 Å². The Bertz CT molecular complexity index is 644. The molecule has 0 bridgehead atoms. The van der Waals surface area contributed by atoms with E-state index in [4.69, 9.17) is 4.74 Å². The van der Waals surface area contributed by atoms with E-state index in [1.54, 1.807) is 11.3 Å². The maximum absolute atomic E-state index is 9.73. The molecular formula is C15H14N2OS. The molecule has 19 heavy (non-hydrogen) atoms. The monoisotopic (exact) mass is 270 g/mol. The Balaban J connectivity index is 2.03. The lowest BCUT2D eigenvalue weighted by atomic mass is 9.75. The molecule has 2 heterocycles. The summed E-state index contributed by atoms with van der Waals surface area (Å²) in [5, 5.41) is 12.8. The van der Waals surface area contributed by atoms with E-state index < -0.39 is 5.41 Å². The number of ether oxygens (including phenoxy) is 1. The Kier molecular flexibility index (Phi) is 3.00. The van der Waals surface area contributed by atoms with Crippen LogP contribution in [0.15, 0.2) is 29.6 Å². The van der Waals surface area contributed by atoms with Gasteiger partial charge in [-0.3, -0.25) is 0 Å². The van der Waals surface area contributed by atoms with Crippen LogP contribution in [0.4, 0.5) is 0 Å². The molecule has 0 saturated heterocycles. The van der Waals surface area contributed by atoms with E-state index in [0.717, 1.165) is 28.4 Å². The molecule has 0 fully saturated rings. The van der Waals surface area contributed by atoms with Crippen molar-refractivity contribution in [2.75, 3.05) is 6.61 Å². The molecule has 96 valence electrons. The Hall–Kier alpha value is -1.86. The lowest BCUT2D eigenvalue weighted by Crippen LogP contribution is -2.33. The summed E-state index contributed by atoms with van der Waals surface area (Å²) in [5.41, 5.74) is 1.52. The predicted octanol–water partition coefficient (Wildman–Crippen LogP) is 3.24. The van der Waals surface area contributed by atoms with E-state index in [1.807, 2.05) is 36.6 Å². The van der Waals surface area contributed by atoms with Crippen LogP contribution >= 0.6 is 11.3 Å². The number of para-hydroxylation sites is 1. The number of thiazole rings is 1. The minimum absolute atomic E-state index is 0.501. The normalized spacial score (nSPS) is 21.3. The lowest BCUT2D eigenvalue weighted by Gasteiger charge is -2.32. The van der Waals surface area contributed by atoms with Crippen LogP contribution in [-0.2, 0) is 11.8 Å². The average Bonchev–Trinajstić information content (AvgIpc) is 2.84. The zero-order valence-electron chi connectivity index (χ0n) is 10.7. The van der Waals surface area contributed by atoms with Crippen molar-refractivity contribution in [3.05, 3.63) is 45.9 Å². The van der Waals surface area contributed by atoms with Gasteiger partial charge in [0, 0.05) is 29.5 Å². The van der Waals surface area contributed by atoms with E-state index >= 15 is 0 Å². The van der Waals surface area contributed by atoms with Crippen molar-refractivity contribution in [2.24, 2.45) is 0 Å². The SMILES string of the molecule is Cc1csc(CC2(C#N)CCOc3ccccc32)n1. The number of nitrogens with zero attached hydrogens (tertiary/aromatic N) is 2. The van der Waals surface area contributed by atoms with Crippen molar-refractivity contribution in [3.8, 4) is 11.8 Å². The van der Waals surface area contributed by atoms with Gasteiger partial charge in [0.15, 0.2) is 0 Å². The van der Waals surface area contributed by atoms with Crippen LogP contribution in [0.5, 0.6) is 5.75 Å². The molecule has 2 aromatic rings. The Morgan fingerprint density at radius 3 is 3.05 bits per heavy atom. The number of rotatable bonds is 2. The quantitative estimate of drug-likeness (QED) is 0.841. The number of fused-ring (bicyclic) bond motifs is 1. The Morgan fingerprint density at radius 2 is 2.32 bits per heavy atom. The van der Waals surface area contributed by atoms with Gasteiger partial charge >= 0.3 is 0 Å². The van der Waals surface area contributed by atoms with E-state index in [-0.39, 0.29) is 0 Å². The first-order valence-corrected chi connectivity index (χ1v) is 7.16. The van der Waals surface area contributed by atoms with Crippen LogP contribution in [0.3, 0.4) is 0 Å². The zero-order valence-corrected chi connectivity index (χ0v) is 11.5. The highest BCUT2D eigenvalue weighted by atomic mass is 32.1. The highest BCUT2D eigenvalue weighted by Crippen LogP contribution is 2.41. The predicted molar refractivity (Wildman–Crippen MR) is 74.4 cm³/mol. The maximum Gasteiger partial charge on any atom is 0.124 e. The van der Waals surface area contributed by atoms with Crippen LogP contribution in [0.2, 0.25) is 0 Å². The third kappa shape index (κ3) is 2.11. The summed E-state index contributed by atoms with van der Waals surface area (Å²) in [5.74, 6) is 0.837. The molecule has 0 radical (unpaired) electrons. The molecule has 1 atom stereocenters. The van der Waals surface area contributed by atoms with Crippen LogP contribution in [0.1, 0.15) is 22.7 Å².